The van der Waals surface area contributed by atoms with Gasteiger partial charge in [0.15, 0.2) is 0 Å². The Morgan fingerprint density at radius 2 is 2.14 bits per heavy atom. The van der Waals surface area contributed by atoms with Crippen LogP contribution in [0.2, 0.25) is 0 Å². The Balaban J connectivity index is 3.08. The first-order valence-electron chi connectivity index (χ1n) is 4.40. The third-order valence-electron chi connectivity index (χ3n) is 1.96. The van der Waals surface area contributed by atoms with Crippen molar-refractivity contribution in [1.82, 2.24) is 0 Å². The second kappa shape index (κ2) is 4.50. The molecule has 2 amide bonds. The number of methoxy groups -OCH3 is 1. The number of amides is 2. The van der Waals surface area contributed by atoms with Crippen LogP contribution in [-0.2, 0) is 0 Å². The van der Waals surface area contributed by atoms with Crippen LogP contribution in [0.4, 0.5) is 10.5 Å². The summed E-state index contributed by atoms with van der Waals surface area (Å²) in [6.45, 7) is 2.38. The van der Waals surface area contributed by atoms with Crippen molar-refractivity contribution in [1.29, 1.82) is 0 Å². The average Bonchev–Trinajstić information content (AvgIpc) is 2.19. The Labute approximate surface area is 83.3 Å². The van der Waals surface area contributed by atoms with E-state index >= 15 is 0 Å². The number of benzene rings is 1. The molecule has 14 heavy (non-hydrogen) atoms. The summed E-state index contributed by atoms with van der Waals surface area (Å²) in [7, 11) is 1.56. The van der Waals surface area contributed by atoms with Crippen LogP contribution < -0.4 is 15.4 Å². The van der Waals surface area contributed by atoms with Crippen molar-refractivity contribution in [2.75, 3.05) is 18.6 Å². The quantitative estimate of drug-likeness (QED) is 0.794. The Bertz CT molecular complexity index is 326. The van der Waals surface area contributed by atoms with E-state index in [-0.39, 0.29) is 0 Å². The Morgan fingerprint density at radius 3 is 2.64 bits per heavy atom. The highest BCUT2D eigenvalue weighted by Crippen LogP contribution is 2.26. The SMILES string of the molecule is CCN(C(N)=O)c1ccccc1OC. The van der Waals surface area contributed by atoms with Crippen LogP contribution in [0.1, 0.15) is 6.92 Å². The molecule has 76 valence electrons. The zero-order chi connectivity index (χ0) is 10.6. The maximum Gasteiger partial charge on any atom is 0.319 e. The lowest BCUT2D eigenvalue weighted by atomic mass is 10.2. The fourth-order valence-corrected chi connectivity index (χ4v) is 1.30. The highest BCUT2D eigenvalue weighted by atomic mass is 16.5. The number of nitrogens with zero attached hydrogens (tertiary/aromatic N) is 1. The van der Waals surface area contributed by atoms with E-state index in [0.29, 0.717) is 18.0 Å². The van der Waals surface area contributed by atoms with Crippen LogP contribution in [0.3, 0.4) is 0 Å². The highest BCUT2D eigenvalue weighted by Gasteiger charge is 2.13. The second-order valence-electron chi connectivity index (χ2n) is 2.75. The van der Waals surface area contributed by atoms with Crippen molar-refractivity contribution in [2.24, 2.45) is 5.73 Å². The topological polar surface area (TPSA) is 55.6 Å². The van der Waals surface area contributed by atoms with Gasteiger partial charge < -0.3 is 10.5 Å². The van der Waals surface area contributed by atoms with Gasteiger partial charge in [0.2, 0.25) is 0 Å². The first-order chi connectivity index (χ1) is 6.70. The molecule has 0 radical (unpaired) electrons. The summed E-state index contributed by atoms with van der Waals surface area (Å²) in [6, 6.07) is 6.80. The number of rotatable bonds is 3. The molecule has 1 aromatic rings. The molecule has 1 aromatic carbocycles. The molecule has 0 aliphatic carbocycles. The Kier molecular flexibility index (Phi) is 3.34. The summed E-state index contributed by atoms with van der Waals surface area (Å²) < 4.78 is 5.13. The number of primary amides is 1. The number of urea groups is 1. The van der Waals surface area contributed by atoms with Crippen LogP contribution in [0.5, 0.6) is 5.75 Å². The predicted molar refractivity (Wildman–Crippen MR) is 55.6 cm³/mol. The molecular weight excluding hydrogens is 180 g/mol. The molecule has 0 aliphatic heterocycles. The molecule has 0 aromatic heterocycles. The normalized spacial score (nSPS) is 9.57. The van der Waals surface area contributed by atoms with Gasteiger partial charge in [0.05, 0.1) is 12.8 Å². The minimum atomic E-state index is -0.475. The fraction of sp³-hybridized carbons (Fsp3) is 0.300. The minimum Gasteiger partial charge on any atom is -0.495 e. The van der Waals surface area contributed by atoms with E-state index in [9.17, 15) is 4.79 Å². The number of ether oxygens (including phenoxy) is 1. The third kappa shape index (κ3) is 1.96. The maximum atomic E-state index is 11.1. The number of nitrogens with two attached hydrogens (primary N) is 1. The maximum absolute atomic E-state index is 11.1. The standard InChI is InChI=1S/C10H14N2O2/c1-3-12(10(11)13)8-6-4-5-7-9(8)14-2/h4-7H,3H2,1-2H3,(H2,11,13). The summed E-state index contributed by atoms with van der Waals surface area (Å²) in [5.41, 5.74) is 5.93. The van der Waals surface area contributed by atoms with Crippen molar-refractivity contribution >= 4 is 11.7 Å². The van der Waals surface area contributed by atoms with E-state index < -0.39 is 6.03 Å². The van der Waals surface area contributed by atoms with Gasteiger partial charge in [-0.1, -0.05) is 12.1 Å². The third-order valence-corrected chi connectivity index (χ3v) is 1.96. The molecule has 0 atom stereocenters. The van der Waals surface area contributed by atoms with Crippen molar-refractivity contribution in [2.45, 2.75) is 6.92 Å². The second-order valence-corrected chi connectivity index (χ2v) is 2.75. The van der Waals surface area contributed by atoms with Crippen LogP contribution in [0.15, 0.2) is 24.3 Å². The van der Waals surface area contributed by atoms with Crippen molar-refractivity contribution in [3.63, 3.8) is 0 Å². The molecule has 0 spiro atoms. The van der Waals surface area contributed by atoms with E-state index in [0.717, 1.165) is 0 Å². The number of hydrogen-bond acceptors (Lipinski definition) is 2. The predicted octanol–water partition coefficient (Wildman–Crippen LogP) is 1.60. The van der Waals surface area contributed by atoms with Gasteiger partial charge in [0.25, 0.3) is 0 Å². The summed E-state index contributed by atoms with van der Waals surface area (Å²) in [6.07, 6.45) is 0. The van der Waals surface area contributed by atoms with Crippen molar-refractivity contribution in [3.8, 4) is 5.75 Å². The van der Waals surface area contributed by atoms with Crippen molar-refractivity contribution < 1.29 is 9.53 Å². The van der Waals surface area contributed by atoms with Gasteiger partial charge in [-0.25, -0.2) is 4.79 Å². The molecule has 2 N–H and O–H groups in total. The molecule has 1 rings (SSSR count). The first kappa shape index (κ1) is 10.4. The van der Waals surface area contributed by atoms with Gasteiger partial charge in [-0.05, 0) is 19.1 Å². The number of carbonyl (C=O) groups is 1. The summed E-state index contributed by atoms with van der Waals surface area (Å²) in [5.74, 6) is 0.646. The van der Waals surface area contributed by atoms with E-state index in [2.05, 4.69) is 0 Å². The molecule has 4 nitrogen and oxygen atoms in total. The largest absolute Gasteiger partial charge is 0.495 e. The lowest BCUT2D eigenvalue weighted by molar-refractivity contribution is 0.254. The summed E-state index contributed by atoms with van der Waals surface area (Å²) >= 11 is 0. The molecule has 0 heterocycles. The smallest absolute Gasteiger partial charge is 0.319 e. The Hall–Kier alpha value is -1.71. The van der Waals surface area contributed by atoms with E-state index in [4.69, 9.17) is 10.5 Å². The van der Waals surface area contributed by atoms with Gasteiger partial charge >= 0.3 is 6.03 Å². The molecule has 4 heteroatoms. The lowest BCUT2D eigenvalue weighted by Gasteiger charge is -2.20. The van der Waals surface area contributed by atoms with Crippen LogP contribution in [0.25, 0.3) is 0 Å². The number of anilines is 1. The summed E-state index contributed by atoms with van der Waals surface area (Å²) in [5, 5.41) is 0. The van der Waals surface area contributed by atoms with Gasteiger partial charge in [0, 0.05) is 6.54 Å². The molecule has 0 bridgehead atoms. The zero-order valence-electron chi connectivity index (χ0n) is 8.36. The van der Waals surface area contributed by atoms with Gasteiger partial charge in [-0.2, -0.15) is 0 Å². The van der Waals surface area contributed by atoms with Crippen LogP contribution >= 0.6 is 0 Å². The van der Waals surface area contributed by atoms with Crippen LogP contribution in [-0.4, -0.2) is 19.7 Å². The average molecular weight is 194 g/mol. The van der Waals surface area contributed by atoms with Crippen LogP contribution in [0, 0.1) is 0 Å². The number of para-hydroxylation sites is 2. The molecule has 0 unspecified atom stereocenters. The molecule has 0 fully saturated rings. The molecule has 0 saturated carbocycles. The van der Waals surface area contributed by atoms with Gasteiger partial charge in [-0.15, -0.1) is 0 Å². The number of hydrogen-bond donors (Lipinski definition) is 1. The summed E-state index contributed by atoms with van der Waals surface area (Å²) in [4.78, 5) is 12.5. The van der Waals surface area contributed by atoms with Gasteiger partial charge in [0.1, 0.15) is 5.75 Å². The fourth-order valence-electron chi connectivity index (χ4n) is 1.30. The van der Waals surface area contributed by atoms with Crippen molar-refractivity contribution in [3.05, 3.63) is 24.3 Å². The lowest BCUT2D eigenvalue weighted by Crippen LogP contribution is -2.35. The molecular formula is C10H14N2O2. The molecule has 0 aliphatic rings. The van der Waals surface area contributed by atoms with E-state index in [1.165, 1.54) is 4.90 Å². The Morgan fingerprint density at radius 1 is 1.50 bits per heavy atom. The number of carbonyl (C=O) groups excluding carboxylic acids is 1. The van der Waals surface area contributed by atoms with E-state index in [1.807, 2.05) is 19.1 Å². The first-order valence-corrected chi connectivity index (χ1v) is 4.40. The van der Waals surface area contributed by atoms with E-state index in [1.54, 1.807) is 19.2 Å². The molecule has 0 saturated heterocycles. The zero-order valence-corrected chi connectivity index (χ0v) is 8.36. The highest BCUT2D eigenvalue weighted by molar-refractivity contribution is 5.92. The van der Waals surface area contributed by atoms with Gasteiger partial charge in [-0.3, -0.25) is 4.90 Å². The minimum absolute atomic E-state index is 0.475. The monoisotopic (exact) mass is 194 g/mol.